The monoisotopic (exact) mass is 397 g/mol. The molecule has 0 spiro atoms. The van der Waals surface area contributed by atoms with Gasteiger partial charge in [0.1, 0.15) is 0 Å². The van der Waals surface area contributed by atoms with Gasteiger partial charge in [-0.1, -0.05) is 30.3 Å². The van der Waals surface area contributed by atoms with Gasteiger partial charge < -0.3 is 9.80 Å². The molecule has 2 heterocycles. The summed E-state index contributed by atoms with van der Waals surface area (Å²) in [5.41, 5.74) is 0.969. The average Bonchev–Trinajstić information content (AvgIpc) is 2.73. The first-order valence-electron chi connectivity index (χ1n) is 9.19. The van der Waals surface area contributed by atoms with E-state index < -0.39 is 10.0 Å². The summed E-state index contributed by atoms with van der Waals surface area (Å²) in [5, 5.41) is 10.2. The van der Waals surface area contributed by atoms with Crippen LogP contribution in [0.1, 0.15) is 0 Å². The Morgan fingerprint density at radius 1 is 0.929 bits per heavy atom. The molecule has 1 aromatic heterocycles. The lowest BCUT2D eigenvalue weighted by Crippen LogP contribution is -2.49. The average molecular weight is 398 g/mol. The van der Waals surface area contributed by atoms with Gasteiger partial charge in [0.2, 0.25) is 10.0 Å². The maximum atomic E-state index is 13.1. The van der Waals surface area contributed by atoms with E-state index in [1.165, 1.54) is 0 Å². The third kappa shape index (κ3) is 3.53. The van der Waals surface area contributed by atoms with E-state index in [0.29, 0.717) is 31.1 Å². The van der Waals surface area contributed by atoms with Crippen molar-refractivity contribution in [3.8, 4) is 0 Å². The number of fused-ring (bicyclic) bond motifs is 1. The standard InChI is InChI=1S/C20H23N5O2S/c1-23(2)18-14-20(22-21-15-18)24-9-11-25(12-10-24)28(26,27)19-8-7-16-5-3-4-6-17(16)13-19/h3-8,13-15H,9-12H2,1-2H3. The van der Waals surface area contributed by atoms with Gasteiger partial charge in [0.15, 0.2) is 5.82 Å². The number of piperazine rings is 1. The molecule has 1 aliphatic rings. The fourth-order valence-corrected chi connectivity index (χ4v) is 4.84. The fraction of sp³-hybridized carbons (Fsp3) is 0.300. The zero-order chi connectivity index (χ0) is 19.7. The van der Waals surface area contributed by atoms with E-state index in [1.807, 2.05) is 55.4 Å². The molecule has 1 aliphatic heterocycles. The molecule has 28 heavy (non-hydrogen) atoms. The number of hydrogen-bond acceptors (Lipinski definition) is 6. The molecule has 0 saturated carbocycles. The normalized spacial score (nSPS) is 15.7. The highest BCUT2D eigenvalue weighted by Gasteiger charge is 2.29. The van der Waals surface area contributed by atoms with Crippen molar-refractivity contribution in [2.75, 3.05) is 50.1 Å². The van der Waals surface area contributed by atoms with E-state index >= 15 is 0 Å². The van der Waals surface area contributed by atoms with Gasteiger partial charge in [0.25, 0.3) is 0 Å². The van der Waals surface area contributed by atoms with Crippen LogP contribution >= 0.6 is 0 Å². The number of rotatable bonds is 4. The zero-order valence-electron chi connectivity index (χ0n) is 16.0. The van der Waals surface area contributed by atoms with Crippen LogP contribution in [-0.2, 0) is 10.0 Å². The van der Waals surface area contributed by atoms with Crippen LogP contribution in [0.5, 0.6) is 0 Å². The maximum absolute atomic E-state index is 13.1. The van der Waals surface area contributed by atoms with Gasteiger partial charge in [-0.15, -0.1) is 5.10 Å². The third-order valence-corrected chi connectivity index (χ3v) is 6.96. The van der Waals surface area contributed by atoms with E-state index in [0.717, 1.165) is 22.3 Å². The lowest BCUT2D eigenvalue weighted by molar-refractivity contribution is 0.383. The smallest absolute Gasteiger partial charge is 0.243 e. The first-order valence-corrected chi connectivity index (χ1v) is 10.6. The van der Waals surface area contributed by atoms with Crippen LogP contribution in [0.3, 0.4) is 0 Å². The van der Waals surface area contributed by atoms with Crippen molar-refractivity contribution in [1.29, 1.82) is 0 Å². The molecular weight excluding hydrogens is 374 g/mol. The first kappa shape index (κ1) is 18.6. The molecule has 4 rings (SSSR count). The minimum Gasteiger partial charge on any atom is -0.376 e. The first-order chi connectivity index (χ1) is 13.4. The Morgan fingerprint density at radius 3 is 2.36 bits per heavy atom. The number of anilines is 2. The molecule has 0 unspecified atom stereocenters. The van der Waals surface area contributed by atoms with Crippen LogP contribution in [0.25, 0.3) is 10.8 Å². The van der Waals surface area contributed by atoms with E-state index in [4.69, 9.17) is 0 Å². The molecule has 0 amide bonds. The molecule has 0 aliphatic carbocycles. The summed E-state index contributed by atoms with van der Waals surface area (Å²) in [4.78, 5) is 4.39. The van der Waals surface area contributed by atoms with Gasteiger partial charge in [-0.25, -0.2) is 8.42 Å². The van der Waals surface area contributed by atoms with Crippen LogP contribution in [0.4, 0.5) is 11.5 Å². The number of benzene rings is 2. The van der Waals surface area contributed by atoms with E-state index in [1.54, 1.807) is 22.6 Å². The van der Waals surface area contributed by atoms with Gasteiger partial charge in [0.05, 0.1) is 16.8 Å². The van der Waals surface area contributed by atoms with Crippen LogP contribution < -0.4 is 9.80 Å². The van der Waals surface area contributed by atoms with E-state index in [2.05, 4.69) is 15.1 Å². The highest BCUT2D eigenvalue weighted by atomic mass is 32.2. The second kappa shape index (κ2) is 7.37. The van der Waals surface area contributed by atoms with Crippen LogP contribution in [0.15, 0.2) is 59.6 Å². The van der Waals surface area contributed by atoms with Crippen LogP contribution in [0, 0.1) is 0 Å². The topological polar surface area (TPSA) is 69.6 Å². The van der Waals surface area contributed by atoms with Crippen molar-refractivity contribution in [1.82, 2.24) is 14.5 Å². The third-order valence-electron chi connectivity index (χ3n) is 5.06. The van der Waals surface area contributed by atoms with E-state index in [9.17, 15) is 8.42 Å². The molecule has 0 radical (unpaired) electrons. The SMILES string of the molecule is CN(C)c1cnnc(N2CCN(S(=O)(=O)c3ccc4ccccc4c3)CC2)c1. The summed E-state index contributed by atoms with van der Waals surface area (Å²) < 4.78 is 27.7. The molecule has 2 aromatic carbocycles. The molecule has 146 valence electrons. The fourth-order valence-electron chi connectivity index (χ4n) is 3.38. The van der Waals surface area contributed by atoms with E-state index in [-0.39, 0.29) is 0 Å². The summed E-state index contributed by atoms with van der Waals surface area (Å²) in [6.45, 7) is 2.00. The van der Waals surface area contributed by atoms with Gasteiger partial charge in [0, 0.05) is 46.3 Å². The Hall–Kier alpha value is -2.71. The summed E-state index contributed by atoms with van der Waals surface area (Å²) in [6.07, 6.45) is 1.71. The second-order valence-electron chi connectivity index (χ2n) is 7.07. The number of hydrogen-bond donors (Lipinski definition) is 0. The molecular formula is C20H23N5O2S. The highest BCUT2D eigenvalue weighted by molar-refractivity contribution is 7.89. The van der Waals surface area contributed by atoms with Gasteiger partial charge in [-0.3, -0.25) is 0 Å². The quantitative estimate of drug-likeness (QED) is 0.672. The molecule has 0 N–H and O–H groups in total. The predicted molar refractivity (Wildman–Crippen MR) is 111 cm³/mol. The predicted octanol–water partition coefficient (Wildman–Crippen LogP) is 2.21. The van der Waals surface area contributed by atoms with Crippen LogP contribution in [0.2, 0.25) is 0 Å². The lowest BCUT2D eigenvalue weighted by atomic mass is 10.1. The Bertz CT molecular complexity index is 1090. The van der Waals surface area contributed by atoms with Crippen molar-refractivity contribution in [2.45, 2.75) is 4.90 Å². The molecule has 0 atom stereocenters. The van der Waals surface area contributed by atoms with Gasteiger partial charge >= 0.3 is 0 Å². The zero-order valence-corrected chi connectivity index (χ0v) is 16.8. The van der Waals surface area contributed by atoms with Crippen molar-refractivity contribution < 1.29 is 8.42 Å². The molecule has 1 saturated heterocycles. The van der Waals surface area contributed by atoms with Crippen molar-refractivity contribution >= 4 is 32.3 Å². The number of nitrogens with zero attached hydrogens (tertiary/aromatic N) is 5. The van der Waals surface area contributed by atoms with Gasteiger partial charge in [-0.2, -0.15) is 9.40 Å². The minimum atomic E-state index is -3.52. The summed E-state index contributed by atoms with van der Waals surface area (Å²) in [5.74, 6) is 0.772. The largest absolute Gasteiger partial charge is 0.376 e. The highest BCUT2D eigenvalue weighted by Crippen LogP contribution is 2.24. The Balaban J connectivity index is 1.51. The Kier molecular flexibility index (Phi) is 4.91. The number of sulfonamides is 1. The lowest BCUT2D eigenvalue weighted by Gasteiger charge is -2.34. The van der Waals surface area contributed by atoms with Crippen molar-refractivity contribution in [2.24, 2.45) is 0 Å². The summed E-state index contributed by atoms with van der Waals surface area (Å²) in [6, 6.07) is 15.1. The number of aromatic nitrogens is 2. The molecule has 7 nitrogen and oxygen atoms in total. The van der Waals surface area contributed by atoms with Crippen LogP contribution in [-0.4, -0.2) is 63.2 Å². The van der Waals surface area contributed by atoms with Crippen molar-refractivity contribution in [3.05, 3.63) is 54.7 Å². The molecule has 1 fully saturated rings. The minimum absolute atomic E-state index is 0.342. The second-order valence-corrected chi connectivity index (χ2v) is 9.00. The maximum Gasteiger partial charge on any atom is 0.243 e. The molecule has 0 bridgehead atoms. The molecule has 3 aromatic rings. The van der Waals surface area contributed by atoms with Crippen molar-refractivity contribution in [3.63, 3.8) is 0 Å². The van der Waals surface area contributed by atoms with Gasteiger partial charge in [-0.05, 0) is 22.9 Å². The Labute approximate surface area is 165 Å². The Morgan fingerprint density at radius 2 is 1.64 bits per heavy atom. The summed E-state index contributed by atoms with van der Waals surface area (Å²) >= 11 is 0. The molecule has 8 heteroatoms. The summed E-state index contributed by atoms with van der Waals surface area (Å²) in [7, 11) is 0.388.